The van der Waals surface area contributed by atoms with Crippen molar-refractivity contribution >= 4 is 46.7 Å². The second-order valence-electron chi connectivity index (χ2n) is 5.59. The molecule has 0 radical (unpaired) electrons. The van der Waals surface area contributed by atoms with E-state index in [-0.39, 0.29) is 23.6 Å². The highest BCUT2D eigenvalue weighted by Gasteiger charge is 2.21. The topological polar surface area (TPSA) is 98.0 Å². The second-order valence-corrected chi connectivity index (χ2v) is 9.01. The van der Waals surface area contributed by atoms with E-state index in [0.29, 0.717) is 14.4 Å². The van der Waals surface area contributed by atoms with E-state index in [0.717, 1.165) is 19.3 Å². The molecule has 0 aliphatic heterocycles. The fourth-order valence-corrected chi connectivity index (χ4v) is 5.28. The minimum atomic E-state index is -0.387. The molecule has 1 heterocycles. The summed E-state index contributed by atoms with van der Waals surface area (Å²) < 4.78 is 1.40. The molecule has 132 valence electrons. The molecule has 1 aliphatic carbocycles. The van der Waals surface area contributed by atoms with Crippen molar-refractivity contribution in [3.63, 3.8) is 0 Å². The van der Waals surface area contributed by atoms with Gasteiger partial charge < -0.3 is 11.1 Å². The third kappa shape index (κ3) is 5.20. The molecule has 2 amide bonds. The highest BCUT2D eigenvalue weighted by molar-refractivity contribution is 8.03. The van der Waals surface area contributed by atoms with E-state index in [4.69, 9.17) is 5.73 Å². The molecule has 0 bridgehead atoms. The van der Waals surface area contributed by atoms with E-state index in [9.17, 15) is 9.59 Å². The van der Waals surface area contributed by atoms with E-state index in [1.165, 1.54) is 46.0 Å². The lowest BCUT2D eigenvalue weighted by atomic mass is 9.88. The van der Waals surface area contributed by atoms with Gasteiger partial charge in [-0.3, -0.25) is 9.59 Å². The Bertz CT molecular complexity index is 765. The average Bonchev–Trinajstić information content (AvgIpc) is 3.06. The summed E-state index contributed by atoms with van der Waals surface area (Å²) in [7, 11) is 0. The monoisotopic (exact) mass is 394 g/mol. The van der Waals surface area contributed by atoms with Crippen LogP contribution in [0.4, 0.5) is 0 Å². The van der Waals surface area contributed by atoms with Crippen LogP contribution in [-0.2, 0) is 16.0 Å². The Morgan fingerprint density at radius 2 is 1.92 bits per heavy atom. The third-order valence-electron chi connectivity index (χ3n) is 3.76. The SMILES string of the molecule is NC(=O)CSc1nnc(SCC(=O)N[C@@H]2CCCc3ccccc32)s1. The number of carbonyl (C=O) groups excluding carboxylic acids is 2. The summed E-state index contributed by atoms with van der Waals surface area (Å²) in [6.07, 6.45) is 3.14. The smallest absolute Gasteiger partial charge is 0.230 e. The number of aromatic nitrogens is 2. The van der Waals surface area contributed by atoms with Gasteiger partial charge in [0.05, 0.1) is 17.5 Å². The maximum absolute atomic E-state index is 12.3. The van der Waals surface area contributed by atoms with Crippen LogP contribution in [0.3, 0.4) is 0 Å². The maximum Gasteiger partial charge on any atom is 0.230 e. The van der Waals surface area contributed by atoms with Gasteiger partial charge in [-0.25, -0.2) is 0 Å². The van der Waals surface area contributed by atoms with Gasteiger partial charge in [-0.15, -0.1) is 10.2 Å². The Morgan fingerprint density at radius 3 is 2.68 bits per heavy atom. The molecule has 3 N–H and O–H groups in total. The molecule has 0 spiro atoms. The van der Waals surface area contributed by atoms with Crippen LogP contribution in [0.5, 0.6) is 0 Å². The highest BCUT2D eigenvalue weighted by Crippen LogP contribution is 2.31. The Morgan fingerprint density at radius 1 is 1.20 bits per heavy atom. The summed E-state index contributed by atoms with van der Waals surface area (Å²) in [5, 5.41) is 11.1. The zero-order valence-corrected chi connectivity index (χ0v) is 15.9. The second kappa shape index (κ2) is 8.68. The van der Waals surface area contributed by atoms with Crippen LogP contribution in [0.15, 0.2) is 32.9 Å². The van der Waals surface area contributed by atoms with Gasteiger partial charge in [-0.1, -0.05) is 59.1 Å². The van der Waals surface area contributed by atoms with E-state index < -0.39 is 0 Å². The van der Waals surface area contributed by atoms with Crippen molar-refractivity contribution in [2.75, 3.05) is 11.5 Å². The van der Waals surface area contributed by atoms with E-state index in [1.807, 2.05) is 12.1 Å². The number of rotatable bonds is 7. The Labute approximate surface area is 158 Å². The quantitative estimate of drug-likeness (QED) is 0.700. The first-order valence-electron chi connectivity index (χ1n) is 7.86. The van der Waals surface area contributed by atoms with Gasteiger partial charge in [-0.2, -0.15) is 0 Å². The average molecular weight is 395 g/mol. The lowest BCUT2D eigenvalue weighted by Crippen LogP contribution is -2.32. The molecule has 25 heavy (non-hydrogen) atoms. The van der Waals surface area contributed by atoms with Crippen molar-refractivity contribution in [3.8, 4) is 0 Å². The Balaban J connectivity index is 1.50. The molecule has 0 unspecified atom stereocenters. The van der Waals surface area contributed by atoms with Crippen LogP contribution < -0.4 is 11.1 Å². The number of amides is 2. The molecule has 2 aromatic rings. The summed E-state index contributed by atoms with van der Waals surface area (Å²) in [5.74, 6) is 0.0871. The molecule has 6 nitrogen and oxygen atoms in total. The van der Waals surface area contributed by atoms with Crippen LogP contribution in [0.2, 0.25) is 0 Å². The number of thioether (sulfide) groups is 2. The molecular formula is C16H18N4O2S3. The molecule has 0 fully saturated rings. The molecule has 9 heteroatoms. The fourth-order valence-electron chi connectivity index (χ4n) is 2.71. The van der Waals surface area contributed by atoms with E-state index in [2.05, 4.69) is 27.6 Å². The van der Waals surface area contributed by atoms with E-state index >= 15 is 0 Å². The number of hydrogen-bond acceptors (Lipinski definition) is 7. The molecule has 0 saturated carbocycles. The van der Waals surface area contributed by atoms with E-state index in [1.54, 1.807) is 0 Å². The van der Waals surface area contributed by atoms with Crippen molar-refractivity contribution in [2.45, 2.75) is 34.0 Å². The first-order chi connectivity index (χ1) is 12.1. The number of carbonyl (C=O) groups is 2. The van der Waals surface area contributed by atoms with Gasteiger partial charge in [0.25, 0.3) is 0 Å². The molecule has 1 aliphatic rings. The van der Waals surface area contributed by atoms with Gasteiger partial charge in [-0.05, 0) is 30.4 Å². The molecule has 1 atom stereocenters. The van der Waals surface area contributed by atoms with Gasteiger partial charge >= 0.3 is 0 Å². The van der Waals surface area contributed by atoms with Crippen molar-refractivity contribution in [2.24, 2.45) is 5.73 Å². The van der Waals surface area contributed by atoms with Crippen molar-refractivity contribution < 1.29 is 9.59 Å². The Hall–Kier alpha value is -1.58. The lowest BCUT2D eigenvalue weighted by molar-refractivity contribution is -0.119. The summed E-state index contributed by atoms with van der Waals surface area (Å²) in [5.41, 5.74) is 7.66. The lowest BCUT2D eigenvalue weighted by Gasteiger charge is -2.26. The molecule has 0 saturated heterocycles. The number of fused-ring (bicyclic) bond motifs is 1. The number of benzene rings is 1. The summed E-state index contributed by atoms with van der Waals surface area (Å²) in [4.78, 5) is 23.0. The number of primary amides is 1. The summed E-state index contributed by atoms with van der Waals surface area (Å²) >= 11 is 3.99. The van der Waals surface area contributed by atoms with Crippen molar-refractivity contribution in [3.05, 3.63) is 35.4 Å². The molecule has 1 aromatic carbocycles. The van der Waals surface area contributed by atoms with Crippen molar-refractivity contribution in [1.29, 1.82) is 0 Å². The summed E-state index contributed by atoms with van der Waals surface area (Å²) in [6.45, 7) is 0. The predicted octanol–water partition coefficient (Wildman–Crippen LogP) is 2.40. The standard InChI is InChI=1S/C16H18N4O2S3/c17-13(21)8-23-15-19-20-16(25-15)24-9-14(22)18-12-7-3-5-10-4-1-2-6-11(10)12/h1-2,4,6,12H,3,5,7-9H2,(H2,17,21)(H,18,22)/t12-/m1/s1. The van der Waals surface area contributed by atoms with Gasteiger partial charge in [0, 0.05) is 0 Å². The number of aryl methyl sites for hydroxylation is 1. The number of hydrogen-bond donors (Lipinski definition) is 2. The Kier molecular flexibility index (Phi) is 6.33. The first kappa shape index (κ1) is 18.2. The third-order valence-corrected chi connectivity index (χ3v) is 6.97. The predicted molar refractivity (Wildman–Crippen MR) is 101 cm³/mol. The van der Waals surface area contributed by atoms with Gasteiger partial charge in [0.15, 0.2) is 8.68 Å². The number of nitrogens with two attached hydrogens (primary N) is 1. The van der Waals surface area contributed by atoms with Crippen LogP contribution in [0.1, 0.15) is 30.0 Å². The van der Waals surface area contributed by atoms with Crippen LogP contribution in [-0.4, -0.2) is 33.5 Å². The minimum Gasteiger partial charge on any atom is -0.369 e. The van der Waals surface area contributed by atoms with Crippen LogP contribution in [0.25, 0.3) is 0 Å². The normalized spacial score (nSPS) is 16.2. The summed E-state index contributed by atoms with van der Waals surface area (Å²) in [6, 6.07) is 8.38. The largest absolute Gasteiger partial charge is 0.369 e. The zero-order chi connectivity index (χ0) is 17.6. The fraction of sp³-hybridized carbons (Fsp3) is 0.375. The van der Waals surface area contributed by atoms with Gasteiger partial charge in [0.2, 0.25) is 11.8 Å². The molecular weight excluding hydrogens is 376 g/mol. The zero-order valence-electron chi connectivity index (χ0n) is 13.4. The first-order valence-corrected chi connectivity index (χ1v) is 10.6. The minimum absolute atomic E-state index is 0.00626. The maximum atomic E-state index is 12.3. The number of nitrogens with one attached hydrogen (secondary N) is 1. The van der Waals surface area contributed by atoms with Crippen LogP contribution in [0, 0.1) is 0 Å². The number of nitrogens with zero attached hydrogens (tertiary/aromatic N) is 2. The molecule has 1 aromatic heterocycles. The van der Waals surface area contributed by atoms with Crippen molar-refractivity contribution in [1.82, 2.24) is 15.5 Å². The van der Waals surface area contributed by atoms with Crippen LogP contribution >= 0.6 is 34.9 Å². The molecule has 3 rings (SSSR count). The van der Waals surface area contributed by atoms with Gasteiger partial charge in [0.1, 0.15) is 0 Å². The highest BCUT2D eigenvalue weighted by atomic mass is 32.2.